The van der Waals surface area contributed by atoms with Crippen LogP contribution < -0.4 is 14.8 Å². The lowest BCUT2D eigenvalue weighted by molar-refractivity contribution is -0.119. The molecule has 5 nitrogen and oxygen atoms in total. The van der Waals surface area contributed by atoms with Crippen LogP contribution in [0.4, 0.5) is 0 Å². The molecule has 0 spiro atoms. The number of nitrogens with zero attached hydrogens (tertiary/aromatic N) is 1. The molecule has 1 aromatic heterocycles. The van der Waals surface area contributed by atoms with E-state index in [9.17, 15) is 4.79 Å². The van der Waals surface area contributed by atoms with Crippen molar-refractivity contribution < 1.29 is 14.3 Å². The van der Waals surface area contributed by atoms with E-state index < -0.39 is 0 Å². The fourth-order valence-electron chi connectivity index (χ4n) is 2.87. The smallest absolute Gasteiger partial charge is 0.219 e. The second-order valence-electron chi connectivity index (χ2n) is 7.42. The SMILES string of the molecule is CC(=O)NC(C)c1ccc2nc(Oc3ccc(OCC(C)C)cc3Cl)ccc2c1. The molecule has 0 fully saturated rings. The molecule has 0 saturated carbocycles. The van der Waals surface area contributed by atoms with Gasteiger partial charge >= 0.3 is 0 Å². The minimum atomic E-state index is -0.0666. The van der Waals surface area contributed by atoms with Crippen LogP contribution in [0.5, 0.6) is 17.4 Å². The van der Waals surface area contributed by atoms with E-state index in [1.807, 2.05) is 37.3 Å². The second kappa shape index (κ2) is 9.14. The summed E-state index contributed by atoms with van der Waals surface area (Å²) in [5, 5.41) is 4.32. The molecule has 1 unspecified atom stereocenters. The van der Waals surface area contributed by atoms with Gasteiger partial charge < -0.3 is 14.8 Å². The zero-order valence-electron chi connectivity index (χ0n) is 17.0. The fourth-order valence-corrected chi connectivity index (χ4v) is 3.08. The minimum Gasteiger partial charge on any atom is -0.493 e. The van der Waals surface area contributed by atoms with E-state index in [0.717, 1.165) is 16.5 Å². The van der Waals surface area contributed by atoms with E-state index in [2.05, 4.69) is 24.1 Å². The maximum Gasteiger partial charge on any atom is 0.219 e. The van der Waals surface area contributed by atoms with Crippen LogP contribution >= 0.6 is 11.6 Å². The summed E-state index contributed by atoms with van der Waals surface area (Å²) in [4.78, 5) is 15.8. The summed E-state index contributed by atoms with van der Waals surface area (Å²) in [7, 11) is 0. The predicted molar refractivity (Wildman–Crippen MR) is 116 cm³/mol. The number of benzene rings is 2. The average molecular weight is 413 g/mol. The van der Waals surface area contributed by atoms with Gasteiger partial charge in [0, 0.05) is 24.4 Å². The fraction of sp³-hybridized carbons (Fsp3) is 0.304. The number of fused-ring (bicyclic) bond motifs is 1. The van der Waals surface area contributed by atoms with Gasteiger partial charge in [0.05, 0.1) is 23.2 Å². The molecule has 1 amide bonds. The van der Waals surface area contributed by atoms with E-state index in [1.165, 1.54) is 6.92 Å². The Balaban J connectivity index is 1.76. The molecule has 0 aliphatic carbocycles. The number of ether oxygens (including phenoxy) is 2. The second-order valence-corrected chi connectivity index (χ2v) is 7.83. The molecule has 1 atom stereocenters. The quantitative estimate of drug-likeness (QED) is 0.523. The van der Waals surface area contributed by atoms with Crippen molar-refractivity contribution >= 4 is 28.4 Å². The molecule has 0 saturated heterocycles. The standard InChI is InChI=1S/C23H25ClN2O3/c1-14(2)13-28-19-7-9-22(20(24)12-19)29-23-10-6-18-11-17(5-8-21(18)26-23)15(3)25-16(4)27/h5-12,14-15H,13H2,1-4H3,(H,25,27). The van der Waals surface area contributed by atoms with E-state index in [0.29, 0.717) is 34.9 Å². The molecule has 0 bridgehead atoms. The minimum absolute atomic E-state index is 0.0584. The molecule has 0 radical (unpaired) electrons. The zero-order valence-corrected chi connectivity index (χ0v) is 17.8. The van der Waals surface area contributed by atoms with Crippen LogP contribution in [0.15, 0.2) is 48.5 Å². The summed E-state index contributed by atoms with van der Waals surface area (Å²) in [6.45, 7) is 8.27. The van der Waals surface area contributed by atoms with Crippen LogP contribution in [0, 0.1) is 5.92 Å². The molecule has 1 N–H and O–H groups in total. The molecule has 2 aromatic carbocycles. The van der Waals surface area contributed by atoms with E-state index in [4.69, 9.17) is 21.1 Å². The summed E-state index contributed by atoms with van der Waals surface area (Å²) in [6, 6.07) is 14.9. The maximum absolute atomic E-state index is 11.3. The van der Waals surface area contributed by atoms with Crippen molar-refractivity contribution in [3.05, 3.63) is 59.1 Å². The number of carbonyl (C=O) groups is 1. The van der Waals surface area contributed by atoms with Crippen molar-refractivity contribution in [1.82, 2.24) is 10.3 Å². The lowest BCUT2D eigenvalue weighted by atomic mass is 10.1. The highest BCUT2D eigenvalue weighted by molar-refractivity contribution is 6.32. The first-order chi connectivity index (χ1) is 13.8. The number of halogens is 1. The molecular formula is C23H25ClN2O3. The highest BCUT2D eigenvalue weighted by atomic mass is 35.5. The Hall–Kier alpha value is -2.79. The van der Waals surface area contributed by atoms with E-state index >= 15 is 0 Å². The number of pyridine rings is 1. The Bertz CT molecular complexity index is 1020. The van der Waals surface area contributed by atoms with E-state index in [-0.39, 0.29) is 11.9 Å². The van der Waals surface area contributed by atoms with Gasteiger partial charge in [-0.15, -0.1) is 0 Å². The number of nitrogens with one attached hydrogen (secondary N) is 1. The van der Waals surface area contributed by atoms with Gasteiger partial charge in [-0.3, -0.25) is 4.79 Å². The van der Waals surface area contributed by atoms with Crippen LogP contribution in [-0.4, -0.2) is 17.5 Å². The van der Waals surface area contributed by atoms with Crippen LogP contribution in [-0.2, 0) is 4.79 Å². The third-order valence-corrected chi connectivity index (χ3v) is 4.60. The van der Waals surface area contributed by atoms with Crippen molar-refractivity contribution in [3.63, 3.8) is 0 Å². The number of carbonyl (C=O) groups excluding carboxylic acids is 1. The van der Waals surface area contributed by atoms with Gasteiger partial charge in [0.2, 0.25) is 11.8 Å². The number of hydrogen-bond acceptors (Lipinski definition) is 4. The normalized spacial score (nSPS) is 12.1. The van der Waals surface area contributed by atoms with Crippen LogP contribution in [0.1, 0.15) is 39.3 Å². The molecule has 0 aliphatic rings. The van der Waals surface area contributed by atoms with Crippen molar-refractivity contribution in [2.75, 3.05) is 6.61 Å². The van der Waals surface area contributed by atoms with Gasteiger partial charge in [0.15, 0.2) is 0 Å². The van der Waals surface area contributed by atoms with Gasteiger partial charge in [-0.25, -0.2) is 4.98 Å². The van der Waals surface area contributed by atoms with Crippen molar-refractivity contribution in [2.24, 2.45) is 5.92 Å². The summed E-state index contributed by atoms with van der Waals surface area (Å²) in [5.74, 6) is 2.07. The first-order valence-electron chi connectivity index (χ1n) is 9.60. The Labute approximate surface area is 176 Å². The largest absolute Gasteiger partial charge is 0.493 e. The third-order valence-electron chi connectivity index (χ3n) is 4.31. The molecule has 3 rings (SSSR count). The van der Waals surface area contributed by atoms with Crippen molar-refractivity contribution in [2.45, 2.75) is 33.7 Å². The van der Waals surface area contributed by atoms with Gasteiger partial charge in [-0.1, -0.05) is 31.5 Å². The van der Waals surface area contributed by atoms with Gasteiger partial charge in [0.1, 0.15) is 11.5 Å². The molecule has 152 valence electrons. The summed E-state index contributed by atoms with van der Waals surface area (Å²) < 4.78 is 11.6. The molecule has 6 heteroatoms. The third kappa shape index (κ3) is 5.61. The van der Waals surface area contributed by atoms with Crippen molar-refractivity contribution in [3.8, 4) is 17.4 Å². The Kier molecular flexibility index (Phi) is 6.60. The van der Waals surface area contributed by atoms with Crippen LogP contribution in [0.25, 0.3) is 10.9 Å². The van der Waals surface area contributed by atoms with E-state index in [1.54, 1.807) is 18.2 Å². The van der Waals surface area contributed by atoms with Gasteiger partial charge in [0.25, 0.3) is 0 Å². The Morgan fingerprint density at radius 3 is 2.59 bits per heavy atom. The zero-order chi connectivity index (χ0) is 21.0. The number of hydrogen-bond donors (Lipinski definition) is 1. The van der Waals surface area contributed by atoms with Crippen LogP contribution in [0.3, 0.4) is 0 Å². The molecular weight excluding hydrogens is 388 g/mol. The highest BCUT2D eigenvalue weighted by Crippen LogP contribution is 2.33. The lowest BCUT2D eigenvalue weighted by Crippen LogP contribution is -2.23. The Morgan fingerprint density at radius 2 is 1.90 bits per heavy atom. The molecule has 3 aromatic rings. The summed E-state index contributed by atoms with van der Waals surface area (Å²) in [6.07, 6.45) is 0. The monoisotopic (exact) mass is 412 g/mol. The first-order valence-corrected chi connectivity index (χ1v) is 9.97. The predicted octanol–water partition coefficient (Wildman–Crippen LogP) is 5.91. The topological polar surface area (TPSA) is 60.5 Å². The van der Waals surface area contributed by atoms with Gasteiger partial charge in [-0.05, 0) is 48.7 Å². The van der Waals surface area contributed by atoms with Gasteiger partial charge in [-0.2, -0.15) is 0 Å². The number of aromatic nitrogens is 1. The first kappa shape index (κ1) is 20.9. The lowest BCUT2D eigenvalue weighted by Gasteiger charge is -2.14. The average Bonchev–Trinajstić information content (AvgIpc) is 2.67. The van der Waals surface area contributed by atoms with Crippen LogP contribution in [0.2, 0.25) is 5.02 Å². The molecule has 0 aliphatic heterocycles. The highest BCUT2D eigenvalue weighted by Gasteiger charge is 2.10. The maximum atomic E-state index is 11.3. The molecule has 1 heterocycles. The Morgan fingerprint density at radius 1 is 1.10 bits per heavy atom. The summed E-state index contributed by atoms with van der Waals surface area (Å²) >= 11 is 6.34. The summed E-state index contributed by atoms with van der Waals surface area (Å²) in [5.41, 5.74) is 1.82. The number of amides is 1. The molecule has 29 heavy (non-hydrogen) atoms. The van der Waals surface area contributed by atoms with Crippen molar-refractivity contribution in [1.29, 1.82) is 0 Å². The number of rotatable bonds is 7.